The van der Waals surface area contributed by atoms with E-state index in [9.17, 15) is 18.0 Å². The monoisotopic (exact) mass is 498 g/mol. The summed E-state index contributed by atoms with van der Waals surface area (Å²) in [6.07, 6.45) is -0.304. The van der Waals surface area contributed by atoms with Crippen LogP contribution in [-0.4, -0.2) is 107 Å². The number of benzene rings is 1. The van der Waals surface area contributed by atoms with Gasteiger partial charge in [0.1, 0.15) is 12.4 Å². The summed E-state index contributed by atoms with van der Waals surface area (Å²) in [4.78, 5) is 31.5. The number of likely N-dealkylation sites (N-methyl/N-ethyl adjacent to an activating group) is 2. The van der Waals surface area contributed by atoms with Crippen LogP contribution in [-0.2, 0) is 19.6 Å². The fourth-order valence-corrected chi connectivity index (χ4v) is 4.43. The van der Waals surface area contributed by atoms with E-state index in [1.54, 1.807) is 31.2 Å². The SMILES string of the molecule is CCS(=O)(=O)Nc1ccc2c(c1)C(=O)N(C)C[C@H](OC)[C@H](C)CN(C(=O)CN(C)C)[C@H](C)CO2. The lowest BCUT2D eigenvalue weighted by molar-refractivity contribution is -0.136. The summed E-state index contributed by atoms with van der Waals surface area (Å²) in [5.41, 5.74) is 0.519. The predicted molar refractivity (Wildman–Crippen MR) is 132 cm³/mol. The van der Waals surface area contributed by atoms with Gasteiger partial charge in [0, 0.05) is 38.9 Å². The number of hydrogen-bond donors (Lipinski definition) is 1. The number of nitrogens with zero attached hydrogens (tertiary/aromatic N) is 3. The molecule has 0 spiro atoms. The van der Waals surface area contributed by atoms with Gasteiger partial charge in [-0.3, -0.25) is 14.3 Å². The fourth-order valence-electron chi connectivity index (χ4n) is 3.80. The number of carbonyl (C=O) groups excluding carboxylic acids is 2. The maximum absolute atomic E-state index is 13.3. The van der Waals surface area contributed by atoms with Crippen LogP contribution in [0, 0.1) is 5.92 Å². The number of fused-ring (bicyclic) bond motifs is 1. The van der Waals surface area contributed by atoms with Gasteiger partial charge in [0.2, 0.25) is 15.9 Å². The molecule has 0 saturated heterocycles. The second-order valence-electron chi connectivity index (χ2n) is 9.10. The Morgan fingerprint density at radius 2 is 1.94 bits per heavy atom. The first kappa shape index (κ1) is 27.9. The first-order chi connectivity index (χ1) is 15.9. The predicted octanol–water partition coefficient (Wildman–Crippen LogP) is 1.34. The van der Waals surface area contributed by atoms with Crippen molar-refractivity contribution in [2.75, 3.05) is 65.0 Å². The minimum absolute atomic E-state index is 0.0196. The molecule has 1 aliphatic rings. The molecule has 1 N–H and O–H groups in total. The molecule has 2 rings (SSSR count). The van der Waals surface area contributed by atoms with Crippen LogP contribution in [0.5, 0.6) is 5.75 Å². The molecule has 11 heteroatoms. The van der Waals surface area contributed by atoms with Crippen LogP contribution in [0.2, 0.25) is 0 Å². The maximum atomic E-state index is 13.3. The molecule has 1 aromatic carbocycles. The van der Waals surface area contributed by atoms with E-state index in [4.69, 9.17) is 9.47 Å². The highest BCUT2D eigenvalue weighted by Gasteiger charge is 2.30. The van der Waals surface area contributed by atoms with Crippen LogP contribution < -0.4 is 9.46 Å². The number of hydrogen-bond acceptors (Lipinski definition) is 7. The smallest absolute Gasteiger partial charge is 0.257 e. The zero-order valence-electron chi connectivity index (χ0n) is 21.2. The summed E-state index contributed by atoms with van der Waals surface area (Å²) in [7, 11) is 3.44. The molecular formula is C23H38N4O6S. The van der Waals surface area contributed by atoms with Crippen molar-refractivity contribution in [3.05, 3.63) is 23.8 Å². The highest BCUT2D eigenvalue weighted by molar-refractivity contribution is 7.92. The van der Waals surface area contributed by atoms with E-state index in [2.05, 4.69) is 4.72 Å². The van der Waals surface area contributed by atoms with Gasteiger partial charge in [0.15, 0.2) is 0 Å². The second-order valence-corrected chi connectivity index (χ2v) is 11.1. The van der Waals surface area contributed by atoms with Crippen LogP contribution in [0.4, 0.5) is 5.69 Å². The lowest BCUT2D eigenvalue weighted by Crippen LogP contribution is -2.50. The Balaban J connectivity index is 2.47. The number of ether oxygens (including phenoxy) is 2. The molecule has 1 aliphatic heterocycles. The quantitative estimate of drug-likeness (QED) is 0.631. The van der Waals surface area contributed by atoms with Gasteiger partial charge in [0.25, 0.3) is 5.91 Å². The van der Waals surface area contributed by atoms with Crippen molar-refractivity contribution in [3.8, 4) is 5.75 Å². The van der Waals surface area contributed by atoms with Crippen molar-refractivity contribution in [1.29, 1.82) is 0 Å². The molecule has 1 heterocycles. The molecular weight excluding hydrogens is 460 g/mol. The molecule has 0 fully saturated rings. The Morgan fingerprint density at radius 1 is 1.26 bits per heavy atom. The van der Waals surface area contributed by atoms with Gasteiger partial charge in [-0.1, -0.05) is 6.92 Å². The molecule has 0 radical (unpaired) electrons. The van der Waals surface area contributed by atoms with Crippen LogP contribution in [0.15, 0.2) is 18.2 Å². The number of anilines is 1. The molecule has 10 nitrogen and oxygen atoms in total. The maximum Gasteiger partial charge on any atom is 0.257 e. The van der Waals surface area contributed by atoms with Crippen molar-refractivity contribution in [2.45, 2.75) is 32.9 Å². The molecule has 0 aromatic heterocycles. The standard InChI is InChI=1S/C23H38N4O6S/c1-8-34(30,31)24-18-9-10-20-19(11-18)23(29)26(6)13-21(32-7)16(2)12-27(17(3)15-33-20)22(28)14-25(4)5/h9-11,16-17,21,24H,8,12-15H2,1-7H3/t16-,17-,21+/m1/s1. The molecule has 0 aliphatic carbocycles. The minimum Gasteiger partial charge on any atom is -0.491 e. The highest BCUT2D eigenvalue weighted by atomic mass is 32.2. The van der Waals surface area contributed by atoms with E-state index in [-0.39, 0.29) is 60.0 Å². The van der Waals surface area contributed by atoms with Crippen LogP contribution >= 0.6 is 0 Å². The van der Waals surface area contributed by atoms with E-state index >= 15 is 0 Å². The topological polar surface area (TPSA) is 108 Å². The molecule has 0 unspecified atom stereocenters. The second kappa shape index (κ2) is 11.9. The zero-order chi connectivity index (χ0) is 25.6. The minimum atomic E-state index is -3.51. The normalized spacial score (nSPS) is 22.5. The Morgan fingerprint density at radius 3 is 2.53 bits per heavy atom. The van der Waals surface area contributed by atoms with Crippen molar-refractivity contribution in [1.82, 2.24) is 14.7 Å². The van der Waals surface area contributed by atoms with Crippen molar-refractivity contribution < 1.29 is 27.5 Å². The van der Waals surface area contributed by atoms with Gasteiger partial charge in [0.05, 0.1) is 30.0 Å². The van der Waals surface area contributed by atoms with Gasteiger partial charge < -0.3 is 24.2 Å². The fraction of sp³-hybridized carbons (Fsp3) is 0.652. The number of amides is 2. The lowest BCUT2D eigenvalue weighted by Gasteiger charge is -2.36. The first-order valence-corrected chi connectivity index (χ1v) is 13.0. The first-order valence-electron chi connectivity index (χ1n) is 11.4. The van der Waals surface area contributed by atoms with E-state index in [1.165, 1.54) is 17.9 Å². The summed E-state index contributed by atoms with van der Waals surface area (Å²) in [6.45, 7) is 6.64. The number of nitrogens with one attached hydrogen (secondary N) is 1. The van der Waals surface area contributed by atoms with Crippen molar-refractivity contribution >= 4 is 27.5 Å². The van der Waals surface area contributed by atoms with Gasteiger partial charge in [-0.25, -0.2) is 8.42 Å². The summed E-state index contributed by atoms with van der Waals surface area (Å²) in [5.74, 6) is -0.138. The molecule has 2 amide bonds. The van der Waals surface area contributed by atoms with Crippen molar-refractivity contribution in [2.24, 2.45) is 5.92 Å². The van der Waals surface area contributed by atoms with Gasteiger partial charge in [-0.05, 0) is 46.1 Å². The number of methoxy groups -OCH3 is 1. The Labute approximate surface area is 203 Å². The van der Waals surface area contributed by atoms with Gasteiger partial charge in [-0.15, -0.1) is 0 Å². The summed E-state index contributed by atoms with van der Waals surface area (Å²) < 4.78 is 38.3. The Bertz CT molecular complexity index is 968. The van der Waals surface area contributed by atoms with E-state index < -0.39 is 10.0 Å². The third kappa shape index (κ3) is 7.31. The van der Waals surface area contributed by atoms with Gasteiger partial charge in [-0.2, -0.15) is 0 Å². The Kier molecular flexibility index (Phi) is 9.72. The zero-order valence-corrected chi connectivity index (χ0v) is 22.0. The average molecular weight is 499 g/mol. The molecule has 3 atom stereocenters. The van der Waals surface area contributed by atoms with Crippen molar-refractivity contribution in [3.63, 3.8) is 0 Å². The molecule has 1 aromatic rings. The van der Waals surface area contributed by atoms with E-state index in [1.807, 2.05) is 32.8 Å². The van der Waals surface area contributed by atoms with Crippen LogP contribution in [0.1, 0.15) is 31.1 Å². The van der Waals surface area contributed by atoms with Crippen LogP contribution in [0.25, 0.3) is 0 Å². The number of rotatable bonds is 6. The van der Waals surface area contributed by atoms with Gasteiger partial charge >= 0.3 is 0 Å². The van der Waals surface area contributed by atoms with E-state index in [0.717, 1.165) is 0 Å². The average Bonchev–Trinajstić information content (AvgIpc) is 2.77. The number of carbonyl (C=O) groups is 2. The Hall–Kier alpha value is -2.37. The lowest BCUT2D eigenvalue weighted by atomic mass is 10.0. The third-order valence-corrected chi connectivity index (χ3v) is 7.18. The van der Waals surface area contributed by atoms with Crippen LogP contribution in [0.3, 0.4) is 0 Å². The van der Waals surface area contributed by atoms with E-state index in [0.29, 0.717) is 18.8 Å². The largest absolute Gasteiger partial charge is 0.491 e. The molecule has 34 heavy (non-hydrogen) atoms. The summed E-state index contributed by atoms with van der Waals surface area (Å²) in [5, 5.41) is 0. The molecule has 0 bridgehead atoms. The molecule has 192 valence electrons. The summed E-state index contributed by atoms with van der Waals surface area (Å²) in [6, 6.07) is 4.36. The summed E-state index contributed by atoms with van der Waals surface area (Å²) >= 11 is 0. The highest BCUT2D eigenvalue weighted by Crippen LogP contribution is 2.27. The third-order valence-electron chi connectivity index (χ3n) is 5.87. The number of sulfonamides is 1. The molecule has 0 saturated carbocycles.